The van der Waals surface area contributed by atoms with Crippen molar-refractivity contribution in [2.45, 2.75) is 82.9 Å². The van der Waals surface area contributed by atoms with E-state index in [2.05, 4.69) is 15.0 Å². The van der Waals surface area contributed by atoms with Crippen molar-refractivity contribution in [1.82, 2.24) is 15.0 Å². The van der Waals surface area contributed by atoms with Crippen LogP contribution in [0, 0.1) is 0 Å². The van der Waals surface area contributed by atoms with Crippen LogP contribution in [0.1, 0.15) is 75.9 Å². The Bertz CT molecular complexity index is 440. The summed E-state index contributed by atoms with van der Waals surface area (Å²) in [5.41, 5.74) is 0. The molecule has 1 saturated carbocycles. The van der Waals surface area contributed by atoms with Crippen molar-refractivity contribution >= 4 is 0 Å². The molecule has 3 rings (SSSR count). The second-order valence-electron chi connectivity index (χ2n) is 6.74. The molecular weight excluding hydrogens is 266 g/mol. The summed E-state index contributed by atoms with van der Waals surface area (Å²) in [6.45, 7) is 3.70. The first-order chi connectivity index (χ1) is 10.2. The number of aliphatic hydroxyl groups excluding tert-OH is 1. The van der Waals surface area contributed by atoms with Gasteiger partial charge in [-0.2, -0.15) is 4.98 Å². The van der Waals surface area contributed by atoms with Crippen LogP contribution in [0.15, 0.2) is 4.52 Å². The van der Waals surface area contributed by atoms with Gasteiger partial charge >= 0.3 is 0 Å². The normalized spacial score (nSPS) is 26.3. The van der Waals surface area contributed by atoms with Crippen molar-refractivity contribution in [3.63, 3.8) is 0 Å². The van der Waals surface area contributed by atoms with E-state index in [1.54, 1.807) is 0 Å². The van der Waals surface area contributed by atoms with E-state index in [9.17, 15) is 5.11 Å². The molecule has 21 heavy (non-hydrogen) atoms. The molecule has 5 nitrogen and oxygen atoms in total. The summed E-state index contributed by atoms with van der Waals surface area (Å²) in [4.78, 5) is 7.02. The summed E-state index contributed by atoms with van der Waals surface area (Å²) in [6.07, 6.45) is 9.25. The summed E-state index contributed by atoms with van der Waals surface area (Å²) in [6, 6.07) is 0.460. The van der Waals surface area contributed by atoms with Gasteiger partial charge < -0.3 is 9.63 Å². The fourth-order valence-electron chi connectivity index (χ4n) is 3.79. The lowest BCUT2D eigenvalue weighted by Crippen LogP contribution is -2.31. The molecule has 0 spiro atoms. The predicted octanol–water partition coefficient (Wildman–Crippen LogP) is 2.85. The van der Waals surface area contributed by atoms with E-state index >= 15 is 0 Å². The third kappa shape index (κ3) is 3.83. The highest BCUT2D eigenvalue weighted by Crippen LogP contribution is 2.31. The lowest BCUT2D eigenvalue weighted by Gasteiger charge is -2.23. The molecule has 1 aliphatic carbocycles. The third-order valence-electron chi connectivity index (χ3n) is 4.89. The SMILES string of the molecule is CC(O)CC1CCCN1Cc1noc(C2CCCCC2)n1. The van der Waals surface area contributed by atoms with Gasteiger partial charge in [-0.15, -0.1) is 0 Å². The van der Waals surface area contributed by atoms with Gasteiger partial charge in [-0.1, -0.05) is 24.4 Å². The molecule has 1 aromatic heterocycles. The smallest absolute Gasteiger partial charge is 0.229 e. The van der Waals surface area contributed by atoms with Gasteiger partial charge in [0.15, 0.2) is 5.82 Å². The fraction of sp³-hybridized carbons (Fsp3) is 0.875. The van der Waals surface area contributed by atoms with E-state index < -0.39 is 0 Å². The van der Waals surface area contributed by atoms with Crippen LogP contribution in [0.5, 0.6) is 0 Å². The average Bonchev–Trinajstić information content (AvgIpc) is 3.10. The van der Waals surface area contributed by atoms with Crippen LogP contribution >= 0.6 is 0 Å². The molecule has 0 amide bonds. The minimum absolute atomic E-state index is 0.237. The summed E-state index contributed by atoms with van der Waals surface area (Å²) in [5.74, 6) is 2.14. The Morgan fingerprint density at radius 3 is 2.81 bits per heavy atom. The maximum Gasteiger partial charge on any atom is 0.229 e. The van der Waals surface area contributed by atoms with Gasteiger partial charge in [0.2, 0.25) is 5.89 Å². The number of hydrogen-bond acceptors (Lipinski definition) is 5. The molecule has 0 aromatic carbocycles. The number of hydrogen-bond donors (Lipinski definition) is 1. The maximum absolute atomic E-state index is 9.59. The minimum Gasteiger partial charge on any atom is -0.393 e. The van der Waals surface area contributed by atoms with Crippen LogP contribution in [0.3, 0.4) is 0 Å². The number of rotatable bonds is 5. The van der Waals surface area contributed by atoms with Gasteiger partial charge in [-0.05, 0) is 45.6 Å². The van der Waals surface area contributed by atoms with E-state index in [4.69, 9.17) is 4.52 Å². The maximum atomic E-state index is 9.59. The third-order valence-corrected chi connectivity index (χ3v) is 4.89. The van der Waals surface area contributed by atoms with Crippen molar-refractivity contribution in [2.75, 3.05) is 6.54 Å². The largest absolute Gasteiger partial charge is 0.393 e. The molecule has 0 bridgehead atoms. The standard InChI is InChI=1S/C16H27N3O2/c1-12(20)10-14-8-5-9-19(14)11-15-17-16(21-18-15)13-6-3-2-4-7-13/h12-14,20H,2-11H2,1H3. The Morgan fingerprint density at radius 1 is 1.24 bits per heavy atom. The Kier molecular flexibility index (Phi) is 4.91. The van der Waals surface area contributed by atoms with Crippen LogP contribution in [0.2, 0.25) is 0 Å². The van der Waals surface area contributed by atoms with Gasteiger partial charge in [-0.25, -0.2) is 0 Å². The zero-order valence-electron chi connectivity index (χ0n) is 13.0. The van der Waals surface area contributed by atoms with Gasteiger partial charge in [-0.3, -0.25) is 4.90 Å². The predicted molar refractivity (Wildman–Crippen MR) is 79.9 cm³/mol. The van der Waals surface area contributed by atoms with E-state index in [0.29, 0.717) is 12.0 Å². The van der Waals surface area contributed by atoms with Crippen molar-refractivity contribution in [2.24, 2.45) is 0 Å². The van der Waals surface area contributed by atoms with Gasteiger partial charge in [0.25, 0.3) is 0 Å². The molecule has 118 valence electrons. The Morgan fingerprint density at radius 2 is 2.05 bits per heavy atom. The highest BCUT2D eigenvalue weighted by Gasteiger charge is 2.28. The average molecular weight is 293 g/mol. The van der Waals surface area contributed by atoms with E-state index in [0.717, 1.165) is 37.6 Å². The molecule has 2 fully saturated rings. The first-order valence-corrected chi connectivity index (χ1v) is 8.47. The summed E-state index contributed by atoms with van der Waals surface area (Å²) < 4.78 is 5.49. The summed E-state index contributed by atoms with van der Waals surface area (Å²) in [5, 5.41) is 13.8. The van der Waals surface area contributed by atoms with E-state index in [1.807, 2.05) is 6.92 Å². The van der Waals surface area contributed by atoms with Crippen LogP contribution < -0.4 is 0 Å². The number of aromatic nitrogens is 2. The second-order valence-corrected chi connectivity index (χ2v) is 6.74. The van der Waals surface area contributed by atoms with Crippen LogP contribution in [-0.2, 0) is 6.54 Å². The van der Waals surface area contributed by atoms with Gasteiger partial charge in [0, 0.05) is 12.0 Å². The van der Waals surface area contributed by atoms with E-state index in [1.165, 1.54) is 38.5 Å². The Labute approximate surface area is 126 Å². The van der Waals surface area contributed by atoms with Gasteiger partial charge in [0.1, 0.15) is 0 Å². The highest BCUT2D eigenvalue weighted by molar-refractivity contribution is 4.96. The van der Waals surface area contributed by atoms with Crippen molar-refractivity contribution in [3.05, 3.63) is 11.7 Å². The lowest BCUT2D eigenvalue weighted by atomic mass is 9.89. The molecule has 2 heterocycles. The molecule has 2 aliphatic rings. The molecular formula is C16H27N3O2. The molecule has 1 saturated heterocycles. The van der Waals surface area contributed by atoms with Crippen LogP contribution in [0.25, 0.3) is 0 Å². The van der Waals surface area contributed by atoms with Crippen molar-refractivity contribution < 1.29 is 9.63 Å². The topological polar surface area (TPSA) is 62.4 Å². The number of aliphatic hydroxyl groups is 1. The number of likely N-dealkylation sites (tertiary alicyclic amines) is 1. The summed E-state index contributed by atoms with van der Waals surface area (Å²) >= 11 is 0. The number of nitrogens with zero attached hydrogens (tertiary/aromatic N) is 3. The van der Waals surface area contributed by atoms with Crippen molar-refractivity contribution in [3.8, 4) is 0 Å². The molecule has 1 N–H and O–H groups in total. The summed E-state index contributed by atoms with van der Waals surface area (Å²) in [7, 11) is 0. The monoisotopic (exact) mass is 293 g/mol. The molecule has 1 aromatic rings. The zero-order chi connectivity index (χ0) is 14.7. The lowest BCUT2D eigenvalue weighted by molar-refractivity contribution is 0.129. The second kappa shape index (κ2) is 6.88. The fourth-order valence-corrected chi connectivity index (χ4v) is 3.79. The molecule has 5 heteroatoms. The van der Waals surface area contributed by atoms with E-state index in [-0.39, 0.29) is 6.10 Å². The highest BCUT2D eigenvalue weighted by atomic mass is 16.5. The molecule has 2 atom stereocenters. The molecule has 2 unspecified atom stereocenters. The van der Waals surface area contributed by atoms with Crippen LogP contribution in [0.4, 0.5) is 0 Å². The Balaban J connectivity index is 1.58. The molecule has 0 radical (unpaired) electrons. The van der Waals surface area contributed by atoms with Crippen LogP contribution in [-0.4, -0.2) is 38.8 Å². The van der Waals surface area contributed by atoms with Crippen molar-refractivity contribution in [1.29, 1.82) is 0 Å². The molecule has 1 aliphatic heterocycles. The Hall–Kier alpha value is -0.940. The minimum atomic E-state index is -0.237. The first-order valence-electron chi connectivity index (χ1n) is 8.47. The van der Waals surface area contributed by atoms with Gasteiger partial charge in [0.05, 0.1) is 12.6 Å². The zero-order valence-corrected chi connectivity index (χ0v) is 13.0. The first kappa shape index (κ1) is 15.0. The quantitative estimate of drug-likeness (QED) is 0.904.